The third-order valence-electron chi connectivity index (χ3n) is 5.69. The Morgan fingerprint density at radius 2 is 1.96 bits per heavy atom. The predicted octanol–water partition coefficient (Wildman–Crippen LogP) is 2.47. The van der Waals surface area contributed by atoms with Crippen LogP contribution in [0.15, 0.2) is 24.3 Å². The molecule has 1 N–H and O–H groups in total. The lowest BCUT2D eigenvalue weighted by molar-refractivity contribution is 0.0962. The summed E-state index contributed by atoms with van der Waals surface area (Å²) in [6.45, 7) is 6.20. The first-order valence-corrected chi connectivity index (χ1v) is 10.2. The van der Waals surface area contributed by atoms with Crippen LogP contribution in [-0.2, 0) is 6.42 Å². The number of aliphatic hydroxyl groups is 1. The van der Waals surface area contributed by atoms with E-state index in [2.05, 4.69) is 14.8 Å². The molecule has 148 valence electrons. The molecule has 7 heteroatoms. The van der Waals surface area contributed by atoms with Gasteiger partial charge in [-0.05, 0) is 37.0 Å². The van der Waals surface area contributed by atoms with E-state index in [4.69, 9.17) is 21.7 Å². The molecule has 1 aliphatic heterocycles. The maximum absolute atomic E-state index is 12.8. The number of fused-ring (bicyclic) bond motifs is 1. The van der Waals surface area contributed by atoms with Crippen LogP contribution in [-0.4, -0.2) is 65.1 Å². The van der Waals surface area contributed by atoms with Crippen molar-refractivity contribution >= 4 is 23.3 Å². The summed E-state index contributed by atoms with van der Waals surface area (Å²) in [6.07, 6.45) is 1.19. The van der Waals surface area contributed by atoms with Crippen LogP contribution in [0, 0.1) is 6.92 Å². The van der Waals surface area contributed by atoms with E-state index in [1.807, 2.05) is 31.2 Å². The molecule has 0 unspecified atom stereocenters. The topological polar surface area (TPSA) is 69.6 Å². The van der Waals surface area contributed by atoms with Crippen molar-refractivity contribution in [2.24, 2.45) is 0 Å². The van der Waals surface area contributed by atoms with Gasteiger partial charge < -0.3 is 10.0 Å². The van der Waals surface area contributed by atoms with Crippen molar-refractivity contribution in [3.63, 3.8) is 0 Å². The fraction of sp³-hybridized carbons (Fsp3) is 0.476. The molecule has 28 heavy (non-hydrogen) atoms. The summed E-state index contributed by atoms with van der Waals surface area (Å²) in [4.78, 5) is 26.7. The molecule has 0 saturated carbocycles. The second-order valence-electron chi connectivity index (χ2n) is 7.57. The van der Waals surface area contributed by atoms with Gasteiger partial charge in [0.1, 0.15) is 0 Å². The summed E-state index contributed by atoms with van der Waals surface area (Å²) < 4.78 is 0. The van der Waals surface area contributed by atoms with E-state index < -0.39 is 0 Å². The Morgan fingerprint density at radius 1 is 1.18 bits per heavy atom. The Morgan fingerprint density at radius 3 is 2.68 bits per heavy atom. The Balaban J connectivity index is 1.58. The number of hydrogen-bond donors (Lipinski definition) is 1. The number of nitrogens with zero attached hydrogens (tertiary/aromatic N) is 4. The van der Waals surface area contributed by atoms with Crippen molar-refractivity contribution < 1.29 is 9.90 Å². The molecule has 0 bridgehead atoms. The molecule has 1 fully saturated rings. The highest BCUT2D eigenvalue weighted by molar-refractivity contribution is 6.30. The quantitative estimate of drug-likeness (QED) is 0.850. The van der Waals surface area contributed by atoms with Gasteiger partial charge in [0.15, 0.2) is 5.78 Å². The number of β-amino-alcohol motifs (C(OH)–C–C–N with tert-alkyl or cyclic N) is 1. The second-order valence-corrected chi connectivity index (χ2v) is 8.00. The standard InChI is InChI=1S/C21H25ClN4O2/c1-14-20-18(12-16(13-19(20)28)15-3-2-4-17(22)11-15)24-21(23-14)26-7-5-25(6-8-26)9-10-27/h2-4,11,16,27H,5-10,12-13H2,1H3/t16-/m1/s1. The first kappa shape index (κ1) is 19.3. The molecule has 0 radical (unpaired) electrons. The van der Waals surface area contributed by atoms with Crippen molar-refractivity contribution in [3.05, 3.63) is 51.8 Å². The van der Waals surface area contributed by atoms with Crippen LogP contribution in [0.2, 0.25) is 5.02 Å². The molecule has 2 aromatic rings. The van der Waals surface area contributed by atoms with Gasteiger partial charge in [0.05, 0.1) is 23.6 Å². The number of rotatable bonds is 4. The zero-order chi connectivity index (χ0) is 19.7. The molecule has 0 amide bonds. The fourth-order valence-corrected chi connectivity index (χ4v) is 4.41. The number of carbonyl (C=O) groups is 1. The van der Waals surface area contributed by atoms with Crippen LogP contribution in [0.1, 0.15) is 39.6 Å². The van der Waals surface area contributed by atoms with E-state index in [1.165, 1.54) is 0 Å². The zero-order valence-electron chi connectivity index (χ0n) is 16.1. The molecule has 4 rings (SSSR count). The molecule has 2 aliphatic rings. The van der Waals surface area contributed by atoms with E-state index >= 15 is 0 Å². The molecular formula is C21H25ClN4O2. The van der Waals surface area contributed by atoms with Crippen LogP contribution in [0.3, 0.4) is 0 Å². The molecule has 1 aromatic carbocycles. The number of piperazine rings is 1. The van der Waals surface area contributed by atoms with Crippen molar-refractivity contribution in [3.8, 4) is 0 Å². The minimum Gasteiger partial charge on any atom is -0.395 e. The number of aliphatic hydroxyl groups excluding tert-OH is 1. The second kappa shape index (κ2) is 8.15. The van der Waals surface area contributed by atoms with Crippen LogP contribution >= 0.6 is 11.6 Å². The summed E-state index contributed by atoms with van der Waals surface area (Å²) in [7, 11) is 0. The smallest absolute Gasteiger partial charge is 0.225 e. The number of ketones is 1. The van der Waals surface area contributed by atoms with Crippen molar-refractivity contribution in [2.45, 2.75) is 25.7 Å². The molecule has 6 nitrogen and oxygen atoms in total. The summed E-state index contributed by atoms with van der Waals surface area (Å²) in [5.41, 5.74) is 3.40. The van der Waals surface area contributed by atoms with Gasteiger partial charge in [-0.25, -0.2) is 9.97 Å². The maximum Gasteiger partial charge on any atom is 0.225 e. The number of Topliss-reactive ketones (excluding diaryl/α,β-unsaturated/α-hetero) is 1. The van der Waals surface area contributed by atoms with Gasteiger partial charge in [-0.3, -0.25) is 9.69 Å². The summed E-state index contributed by atoms with van der Waals surface area (Å²) in [6, 6.07) is 7.76. The van der Waals surface area contributed by atoms with Crippen LogP contribution < -0.4 is 4.90 Å². The molecule has 2 heterocycles. The monoisotopic (exact) mass is 400 g/mol. The van der Waals surface area contributed by atoms with Gasteiger partial charge in [-0.2, -0.15) is 0 Å². The first-order valence-electron chi connectivity index (χ1n) is 9.79. The Kier molecular flexibility index (Phi) is 5.62. The average molecular weight is 401 g/mol. The molecule has 1 aliphatic carbocycles. The first-order chi connectivity index (χ1) is 13.5. The third-order valence-corrected chi connectivity index (χ3v) is 5.93. The third kappa shape index (κ3) is 3.90. The van der Waals surface area contributed by atoms with Crippen LogP contribution in [0.4, 0.5) is 5.95 Å². The maximum atomic E-state index is 12.8. The number of aryl methyl sites for hydroxylation is 1. The summed E-state index contributed by atoms with van der Waals surface area (Å²) in [5, 5.41) is 9.80. The largest absolute Gasteiger partial charge is 0.395 e. The van der Waals surface area contributed by atoms with Crippen molar-refractivity contribution in [1.29, 1.82) is 0 Å². The Labute approximate surface area is 170 Å². The lowest BCUT2D eigenvalue weighted by atomic mass is 9.81. The van der Waals surface area contributed by atoms with Crippen molar-refractivity contribution in [1.82, 2.24) is 14.9 Å². The van der Waals surface area contributed by atoms with E-state index in [-0.39, 0.29) is 18.3 Å². The lowest BCUT2D eigenvalue weighted by Gasteiger charge is -2.35. The number of carbonyl (C=O) groups excluding carboxylic acids is 1. The number of halogens is 1. The van der Waals surface area contributed by atoms with E-state index in [0.29, 0.717) is 29.5 Å². The molecular weight excluding hydrogens is 376 g/mol. The van der Waals surface area contributed by atoms with Crippen LogP contribution in [0.25, 0.3) is 0 Å². The van der Waals surface area contributed by atoms with Gasteiger partial charge in [-0.15, -0.1) is 0 Å². The van der Waals surface area contributed by atoms with Gasteiger partial charge in [0, 0.05) is 44.2 Å². The van der Waals surface area contributed by atoms with E-state index in [1.54, 1.807) is 0 Å². The van der Waals surface area contributed by atoms with Gasteiger partial charge in [0.25, 0.3) is 0 Å². The van der Waals surface area contributed by atoms with Gasteiger partial charge in [-0.1, -0.05) is 23.7 Å². The SMILES string of the molecule is Cc1nc(N2CCN(CCO)CC2)nc2c1C(=O)C[C@H](c1cccc(Cl)c1)C2. The zero-order valence-corrected chi connectivity index (χ0v) is 16.8. The fourth-order valence-electron chi connectivity index (χ4n) is 4.21. The summed E-state index contributed by atoms with van der Waals surface area (Å²) in [5.74, 6) is 0.921. The Bertz CT molecular complexity index is 881. The number of aromatic nitrogens is 2. The minimum absolute atomic E-state index is 0.0993. The number of hydrogen-bond acceptors (Lipinski definition) is 6. The molecule has 0 spiro atoms. The Hall–Kier alpha value is -2.02. The number of benzene rings is 1. The van der Waals surface area contributed by atoms with Crippen LogP contribution in [0.5, 0.6) is 0 Å². The van der Waals surface area contributed by atoms with Gasteiger partial charge in [0.2, 0.25) is 5.95 Å². The summed E-state index contributed by atoms with van der Waals surface area (Å²) >= 11 is 6.15. The molecule has 1 saturated heterocycles. The highest BCUT2D eigenvalue weighted by atomic mass is 35.5. The lowest BCUT2D eigenvalue weighted by Crippen LogP contribution is -2.48. The normalized spacial score (nSPS) is 20.3. The predicted molar refractivity (Wildman–Crippen MR) is 109 cm³/mol. The number of anilines is 1. The van der Waals surface area contributed by atoms with Gasteiger partial charge >= 0.3 is 0 Å². The van der Waals surface area contributed by atoms with E-state index in [9.17, 15) is 4.79 Å². The highest BCUT2D eigenvalue weighted by Gasteiger charge is 2.31. The molecule has 1 aromatic heterocycles. The average Bonchev–Trinajstić information content (AvgIpc) is 2.68. The van der Waals surface area contributed by atoms with Crippen molar-refractivity contribution in [2.75, 3.05) is 44.2 Å². The molecule has 1 atom stereocenters. The highest BCUT2D eigenvalue weighted by Crippen LogP contribution is 2.34. The van der Waals surface area contributed by atoms with E-state index in [0.717, 1.165) is 49.6 Å². The minimum atomic E-state index is 0.0993.